The Bertz CT molecular complexity index is 3350. The van der Waals surface area contributed by atoms with Crippen molar-refractivity contribution < 1.29 is 93.9 Å². The van der Waals surface area contributed by atoms with E-state index in [2.05, 4.69) is 23.7 Å². The normalized spacial score (nSPS) is 39.4. The lowest BCUT2D eigenvalue weighted by molar-refractivity contribution is -0.221. The third-order valence-electron chi connectivity index (χ3n) is 20.6. The van der Waals surface area contributed by atoms with Crippen LogP contribution in [0, 0.1) is 80.8 Å². The van der Waals surface area contributed by atoms with Gasteiger partial charge in [0.2, 0.25) is 21.8 Å². The van der Waals surface area contributed by atoms with Gasteiger partial charge >= 0.3 is 17.9 Å². The first-order valence-corrected chi connectivity index (χ1v) is 30.9. The molecule has 10 rings (SSSR count). The summed E-state index contributed by atoms with van der Waals surface area (Å²) in [4.78, 5) is 91.1. The molecule has 0 aromatic carbocycles. The Hall–Kier alpha value is -6.04. The van der Waals surface area contributed by atoms with E-state index in [4.69, 9.17) is 28.2 Å². The van der Waals surface area contributed by atoms with Crippen LogP contribution in [0.1, 0.15) is 121 Å². The van der Waals surface area contributed by atoms with E-state index in [0.717, 1.165) is 35.7 Å². The van der Waals surface area contributed by atoms with E-state index in [1.54, 1.807) is 27.7 Å². The number of ketones is 2. The van der Waals surface area contributed by atoms with Gasteiger partial charge in [-0.3, -0.25) is 24.0 Å². The van der Waals surface area contributed by atoms with Crippen LogP contribution in [0.2, 0.25) is 0 Å². The zero-order valence-electron chi connectivity index (χ0n) is 49.4. The van der Waals surface area contributed by atoms with Gasteiger partial charge < -0.3 is 38.4 Å². The van der Waals surface area contributed by atoms with Gasteiger partial charge in [0.1, 0.15) is 24.6 Å². The molecule has 8 aliphatic carbocycles. The van der Waals surface area contributed by atoms with Crippen molar-refractivity contribution in [3.8, 4) is 23.7 Å². The van der Waals surface area contributed by atoms with Crippen LogP contribution in [0.4, 0.5) is 22.0 Å². The van der Waals surface area contributed by atoms with Crippen molar-refractivity contribution in [2.45, 2.75) is 153 Å². The zero-order chi connectivity index (χ0) is 63.7. The van der Waals surface area contributed by atoms with Crippen LogP contribution in [-0.2, 0) is 38.2 Å². The first kappa shape index (κ1) is 65.4. The zero-order valence-corrected chi connectivity index (χ0v) is 51.1. The number of fused-ring (bicyclic) bond motifs is 10. The summed E-state index contributed by atoms with van der Waals surface area (Å²) in [6, 6.07) is 5.78. The summed E-state index contributed by atoms with van der Waals surface area (Å²) >= 11 is 1.58. The van der Waals surface area contributed by atoms with Crippen molar-refractivity contribution in [2.75, 3.05) is 24.7 Å². The van der Waals surface area contributed by atoms with Gasteiger partial charge in [0.15, 0.2) is 40.7 Å². The van der Waals surface area contributed by atoms with E-state index in [1.807, 2.05) is 0 Å². The molecule has 0 radical (unpaired) electrons. The molecule has 4 unspecified atom stereocenters. The number of furan rings is 2. The summed E-state index contributed by atoms with van der Waals surface area (Å²) in [6.45, 7) is 11.6. The molecule has 22 heteroatoms. The predicted octanol–water partition coefficient (Wildman–Crippen LogP) is 9.68. The number of hydrogen-bond donors (Lipinski definition) is 3. The van der Waals surface area contributed by atoms with Crippen molar-refractivity contribution in [3.63, 3.8) is 0 Å². The number of allylic oxidation sites excluding steroid dienone is 8. The van der Waals surface area contributed by atoms with Gasteiger partial charge in [-0.15, -0.1) is 0 Å². The summed E-state index contributed by atoms with van der Waals surface area (Å²) in [7, 11) is 0. The number of carbonyl (C=O) groups excluding carboxylic acids is 7. The highest BCUT2D eigenvalue weighted by Crippen LogP contribution is 2.74. The molecule has 0 spiro atoms. The summed E-state index contributed by atoms with van der Waals surface area (Å²) in [5.74, 6) is 1.93. The van der Waals surface area contributed by atoms with Crippen LogP contribution >= 0.6 is 23.5 Å². The average Bonchev–Trinajstić information content (AvgIpc) is 1.65. The maximum Gasteiger partial charge on any atom is 0.375 e. The van der Waals surface area contributed by atoms with Crippen LogP contribution in [-0.4, -0.2) is 133 Å². The van der Waals surface area contributed by atoms with Crippen LogP contribution in [0.5, 0.6) is 0 Å². The third kappa shape index (κ3) is 10.4. The number of halogens is 5. The van der Waals surface area contributed by atoms with E-state index in [-0.39, 0.29) is 85.9 Å². The maximum atomic E-state index is 17.7. The van der Waals surface area contributed by atoms with Crippen LogP contribution in [0.25, 0.3) is 0 Å². The molecular formula is C65H71F5O15S2. The molecule has 3 N–H and O–H groups in total. The highest BCUT2D eigenvalue weighted by Gasteiger charge is 2.80. The molecular weight excluding hydrogens is 1180 g/mol. The van der Waals surface area contributed by atoms with Gasteiger partial charge in [0, 0.05) is 45.3 Å². The molecule has 15 nitrogen and oxygen atoms in total. The quantitative estimate of drug-likeness (QED) is 0.0822. The van der Waals surface area contributed by atoms with Gasteiger partial charge in [-0.2, -0.15) is 0 Å². The fourth-order valence-corrected chi connectivity index (χ4v) is 18.7. The number of esters is 3. The molecule has 0 amide bonds. The van der Waals surface area contributed by atoms with Crippen molar-refractivity contribution in [1.29, 1.82) is 0 Å². The molecule has 0 saturated heterocycles. The summed E-state index contributed by atoms with van der Waals surface area (Å²) < 4.78 is 108. The minimum atomic E-state index is -2.37. The van der Waals surface area contributed by atoms with E-state index in [1.165, 1.54) is 88.8 Å². The Morgan fingerprint density at radius 1 is 0.667 bits per heavy atom. The molecule has 0 aliphatic heterocycles. The SMILES string of the molecule is C[C@@H]1CC2C3C[C@H](F)C4=CC(=O)C=C[C@]4(C)[C@@]3(F)[C@@H](O)C[C@]2(C)[C@@]1(OC(=O)c1ccco1)C(=O)SCC#CCO.C[C@@H]1CC2C3C[C@H](F)C4=CC(=O)C=C[C@]4(C)[C@@]3(F)[C@@H](O)C[C@]2(C)[C@@]1(OC(=O)c1ccco1)C(=O)SCC#CCOC(=O)CC(C)(C)F. The van der Waals surface area contributed by atoms with Crippen molar-refractivity contribution in [1.82, 2.24) is 0 Å². The van der Waals surface area contributed by atoms with E-state index in [0.29, 0.717) is 0 Å². The topological polar surface area (TPSA) is 234 Å². The number of thioether (sulfide) groups is 2. The fourth-order valence-electron chi connectivity index (χ4n) is 16.8. The molecule has 8 aliphatic rings. The van der Waals surface area contributed by atoms with Crippen molar-refractivity contribution in [3.05, 3.63) is 95.9 Å². The lowest BCUT2D eigenvalue weighted by Crippen LogP contribution is -2.70. The highest BCUT2D eigenvalue weighted by molar-refractivity contribution is 8.14. The second-order valence-corrected chi connectivity index (χ2v) is 27.7. The van der Waals surface area contributed by atoms with Crippen molar-refractivity contribution >= 4 is 63.2 Å². The molecule has 468 valence electrons. The Morgan fingerprint density at radius 2 is 1.08 bits per heavy atom. The number of hydrogen-bond acceptors (Lipinski definition) is 17. The first-order valence-electron chi connectivity index (χ1n) is 28.9. The van der Waals surface area contributed by atoms with Gasteiger partial charge in [-0.05, 0) is 138 Å². The van der Waals surface area contributed by atoms with Crippen LogP contribution in [0.15, 0.2) is 93.2 Å². The van der Waals surface area contributed by atoms with Crippen LogP contribution in [0.3, 0.4) is 0 Å². The second-order valence-electron chi connectivity index (χ2n) is 25.8. The summed E-state index contributed by atoms with van der Waals surface area (Å²) in [5.41, 5.74) is -15.9. The van der Waals surface area contributed by atoms with E-state index < -0.39 is 156 Å². The lowest BCUT2D eigenvalue weighted by Gasteiger charge is -2.63. The molecule has 18 atom stereocenters. The Balaban J connectivity index is 0.000000210. The number of carbonyl (C=O) groups is 7. The predicted molar refractivity (Wildman–Crippen MR) is 308 cm³/mol. The molecule has 87 heavy (non-hydrogen) atoms. The molecule has 2 aromatic rings. The average molecular weight is 1250 g/mol. The Morgan fingerprint density at radius 3 is 1.46 bits per heavy atom. The Labute approximate surface area is 509 Å². The smallest absolute Gasteiger partial charge is 0.375 e. The maximum absolute atomic E-state index is 17.7. The van der Waals surface area contributed by atoms with Crippen LogP contribution < -0.4 is 0 Å². The molecule has 2 heterocycles. The fraction of sp³-hybridized carbons (Fsp3) is 0.585. The summed E-state index contributed by atoms with van der Waals surface area (Å²) in [5, 5.41) is 31.2. The van der Waals surface area contributed by atoms with E-state index in [9.17, 15) is 48.2 Å². The minimum absolute atomic E-state index is 0.0112. The number of aliphatic hydroxyl groups is 3. The first-order chi connectivity index (χ1) is 40.8. The molecule has 6 fully saturated rings. The summed E-state index contributed by atoms with van der Waals surface area (Å²) in [6.07, 6.45) is 2.11. The van der Waals surface area contributed by atoms with Gasteiger partial charge in [-0.25, -0.2) is 31.5 Å². The standard InChI is InChI=1S/C35H39F3O8S.C30H32F2O7S/c1-20-15-22-23-17-25(36)24-16-21(39)10-11-32(24,4)34(23,38)27(40)18-33(22,5)35(20,46-29(42)26-9-8-13-44-26)30(43)47-14-7-6-12-45-28(41)19-31(2,3)37;1-17-13-19-20-15-22(31)21-14-18(34)8-9-27(21,2)29(20,32)24(35)16-28(19,3)30(17,26(37)40-12-5-4-10-33)39-25(36)23-7-6-11-38-23/h8-11,13,16,20,22-23,25,27,40H,12,14-15,17-19H2,1-5H3;6-9,11,14,17,19-20,22,24,33,35H,10,12-13,15-16H2,1-3H3/t20-,22?,23?,25+,27+,32+,33+,34+,35+;17-,19?,20?,22+,24+,27+,28+,29+,30+/m11/s1. The number of aliphatic hydroxyl groups excluding tert-OH is 3. The molecule has 2 aromatic heterocycles. The minimum Gasteiger partial charge on any atom is -0.457 e. The monoisotopic (exact) mass is 1250 g/mol. The number of alkyl halides is 5. The highest BCUT2D eigenvalue weighted by atomic mass is 32.2. The number of ether oxygens (including phenoxy) is 3. The Kier molecular flexibility index (Phi) is 17.8. The second kappa shape index (κ2) is 23.7. The van der Waals surface area contributed by atoms with E-state index >= 15 is 17.6 Å². The number of rotatable bonds is 11. The van der Waals surface area contributed by atoms with Gasteiger partial charge in [0.05, 0.1) is 42.7 Å². The van der Waals surface area contributed by atoms with Crippen molar-refractivity contribution in [2.24, 2.45) is 57.2 Å². The van der Waals surface area contributed by atoms with Gasteiger partial charge in [0.25, 0.3) is 0 Å². The largest absolute Gasteiger partial charge is 0.457 e. The third-order valence-corrected chi connectivity index (χ3v) is 22.4. The lowest BCUT2D eigenvalue weighted by atomic mass is 9.44. The van der Waals surface area contributed by atoms with Gasteiger partial charge in [-0.1, -0.05) is 87.1 Å². The molecule has 6 saturated carbocycles. The molecule has 0 bridgehead atoms.